The standard InChI is InChI=1S/C16H14N8O/c1-25-14-4-3-10(7-11(14)22-23-12(8-17)15(18)19)13-9-24-6-2-5-20-16(24)21-13/h2-7,9,22H,1H3,(H3,18,19)/b23-12+. The van der Waals surface area contributed by atoms with E-state index in [1.165, 1.54) is 7.11 Å². The minimum absolute atomic E-state index is 0.218. The number of nitrogens with one attached hydrogen (secondary N) is 2. The molecule has 2 aromatic heterocycles. The molecule has 25 heavy (non-hydrogen) atoms. The number of nitrogens with zero attached hydrogens (tertiary/aromatic N) is 5. The lowest BCUT2D eigenvalue weighted by Crippen LogP contribution is -2.21. The van der Waals surface area contributed by atoms with Gasteiger partial charge < -0.3 is 10.5 Å². The Bertz CT molecular complexity index is 981. The second kappa shape index (κ2) is 6.67. The van der Waals surface area contributed by atoms with Gasteiger partial charge in [-0.1, -0.05) is 0 Å². The highest BCUT2D eigenvalue weighted by atomic mass is 16.5. The fraction of sp³-hybridized carbons (Fsp3) is 0.0625. The van der Waals surface area contributed by atoms with Crippen molar-refractivity contribution in [3.05, 3.63) is 42.9 Å². The van der Waals surface area contributed by atoms with Gasteiger partial charge in [-0.2, -0.15) is 10.4 Å². The molecule has 0 atom stereocenters. The molecule has 0 aliphatic carbocycles. The number of nitrogens with two attached hydrogens (primary N) is 1. The zero-order valence-electron chi connectivity index (χ0n) is 13.3. The molecule has 0 radical (unpaired) electrons. The maximum atomic E-state index is 8.92. The van der Waals surface area contributed by atoms with Crippen molar-refractivity contribution in [3.8, 4) is 23.1 Å². The van der Waals surface area contributed by atoms with Gasteiger partial charge in [-0.15, -0.1) is 0 Å². The first-order valence-corrected chi connectivity index (χ1v) is 7.18. The third-order valence-electron chi connectivity index (χ3n) is 3.38. The molecular formula is C16H14N8O. The summed E-state index contributed by atoms with van der Waals surface area (Å²) in [5, 5.41) is 20.0. The van der Waals surface area contributed by atoms with Crippen molar-refractivity contribution in [2.45, 2.75) is 0 Å². The van der Waals surface area contributed by atoms with E-state index in [-0.39, 0.29) is 5.71 Å². The van der Waals surface area contributed by atoms with E-state index < -0.39 is 5.84 Å². The summed E-state index contributed by atoms with van der Waals surface area (Å²) in [7, 11) is 1.52. The molecule has 0 fully saturated rings. The van der Waals surface area contributed by atoms with Gasteiger partial charge in [0.15, 0.2) is 5.84 Å². The summed E-state index contributed by atoms with van der Waals surface area (Å²) in [5.74, 6) is 0.691. The average Bonchev–Trinajstić information content (AvgIpc) is 3.06. The molecule has 0 bridgehead atoms. The van der Waals surface area contributed by atoms with E-state index in [1.54, 1.807) is 24.4 Å². The van der Waals surface area contributed by atoms with Crippen LogP contribution < -0.4 is 15.9 Å². The molecule has 0 amide bonds. The first-order valence-electron chi connectivity index (χ1n) is 7.18. The van der Waals surface area contributed by atoms with Crippen LogP contribution in [0.15, 0.2) is 48.0 Å². The number of ether oxygens (including phenoxy) is 1. The highest BCUT2D eigenvalue weighted by Crippen LogP contribution is 2.30. The zero-order valence-corrected chi connectivity index (χ0v) is 13.3. The van der Waals surface area contributed by atoms with Gasteiger partial charge >= 0.3 is 0 Å². The number of hydrogen-bond donors (Lipinski definition) is 3. The number of methoxy groups -OCH3 is 1. The quantitative estimate of drug-likeness (QED) is 0.368. The van der Waals surface area contributed by atoms with E-state index in [4.69, 9.17) is 21.1 Å². The topological polar surface area (TPSA) is 137 Å². The number of amidine groups is 1. The summed E-state index contributed by atoms with van der Waals surface area (Å²) < 4.78 is 7.10. The van der Waals surface area contributed by atoms with Gasteiger partial charge in [-0.25, -0.2) is 9.97 Å². The number of anilines is 1. The molecule has 0 saturated carbocycles. The van der Waals surface area contributed by atoms with Crippen LogP contribution in [-0.2, 0) is 0 Å². The predicted octanol–water partition coefficient (Wildman–Crippen LogP) is 1.63. The molecule has 124 valence electrons. The van der Waals surface area contributed by atoms with Gasteiger partial charge in [0.25, 0.3) is 0 Å². The Balaban J connectivity index is 2.00. The summed E-state index contributed by atoms with van der Waals surface area (Å²) in [5.41, 5.74) is 9.82. The van der Waals surface area contributed by atoms with Crippen molar-refractivity contribution in [3.63, 3.8) is 0 Å². The fourth-order valence-electron chi connectivity index (χ4n) is 2.19. The van der Waals surface area contributed by atoms with E-state index in [0.717, 1.165) is 11.3 Å². The van der Waals surface area contributed by atoms with E-state index in [1.807, 2.05) is 28.9 Å². The molecule has 2 heterocycles. The van der Waals surface area contributed by atoms with Crippen molar-refractivity contribution >= 4 is 23.0 Å². The first kappa shape index (κ1) is 15.9. The number of nitriles is 1. The fourth-order valence-corrected chi connectivity index (χ4v) is 2.19. The van der Waals surface area contributed by atoms with Crippen molar-refractivity contribution in [2.24, 2.45) is 10.8 Å². The van der Waals surface area contributed by atoms with Gasteiger partial charge in [0.2, 0.25) is 11.5 Å². The number of fused-ring (bicyclic) bond motifs is 1. The summed E-state index contributed by atoms with van der Waals surface area (Å²) in [6.07, 6.45) is 5.39. The van der Waals surface area contributed by atoms with Crippen LogP contribution in [0.4, 0.5) is 5.69 Å². The van der Waals surface area contributed by atoms with Crippen molar-refractivity contribution in [1.82, 2.24) is 14.4 Å². The number of rotatable bonds is 5. The normalized spacial score (nSPS) is 11.1. The molecule has 3 aromatic rings. The highest BCUT2D eigenvalue weighted by Gasteiger charge is 2.10. The van der Waals surface area contributed by atoms with Crippen LogP contribution in [0.25, 0.3) is 17.0 Å². The Morgan fingerprint density at radius 1 is 1.48 bits per heavy atom. The van der Waals surface area contributed by atoms with Gasteiger partial charge in [0.05, 0.1) is 18.5 Å². The van der Waals surface area contributed by atoms with Gasteiger partial charge in [0.1, 0.15) is 11.8 Å². The molecule has 9 heteroatoms. The summed E-state index contributed by atoms with van der Waals surface area (Å²) in [6, 6.07) is 8.95. The summed E-state index contributed by atoms with van der Waals surface area (Å²) >= 11 is 0. The van der Waals surface area contributed by atoms with Crippen LogP contribution in [0.3, 0.4) is 0 Å². The van der Waals surface area contributed by atoms with Crippen LogP contribution >= 0.6 is 0 Å². The van der Waals surface area contributed by atoms with Crippen LogP contribution in [0.2, 0.25) is 0 Å². The number of aromatic nitrogens is 3. The Hall–Kier alpha value is -3.93. The maximum Gasteiger partial charge on any atom is 0.234 e. The van der Waals surface area contributed by atoms with E-state index >= 15 is 0 Å². The van der Waals surface area contributed by atoms with Crippen LogP contribution in [0.1, 0.15) is 0 Å². The molecule has 0 aliphatic heterocycles. The molecule has 0 saturated heterocycles. The van der Waals surface area contributed by atoms with Crippen molar-refractivity contribution in [1.29, 1.82) is 10.7 Å². The van der Waals surface area contributed by atoms with Gasteiger partial charge in [-0.3, -0.25) is 15.2 Å². The lowest BCUT2D eigenvalue weighted by Gasteiger charge is -2.09. The lowest BCUT2D eigenvalue weighted by atomic mass is 10.1. The molecule has 1 aromatic carbocycles. The Morgan fingerprint density at radius 2 is 2.32 bits per heavy atom. The van der Waals surface area contributed by atoms with Crippen molar-refractivity contribution < 1.29 is 4.74 Å². The number of imidazole rings is 1. The molecule has 0 unspecified atom stereocenters. The largest absolute Gasteiger partial charge is 0.495 e. The smallest absolute Gasteiger partial charge is 0.234 e. The Morgan fingerprint density at radius 3 is 3.00 bits per heavy atom. The summed E-state index contributed by atoms with van der Waals surface area (Å²) in [6.45, 7) is 0. The van der Waals surface area contributed by atoms with Crippen molar-refractivity contribution in [2.75, 3.05) is 12.5 Å². The van der Waals surface area contributed by atoms with Crippen LogP contribution in [0, 0.1) is 16.7 Å². The Labute approximate surface area is 142 Å². The second-order valence-corrected chi connectivity index (χ2v) is 4.97. The van der Waals surface area contributed by atoms with E-state index in [9.17, 15) is 0 Å². The average molecular weight is 334 g/mol. The predicted molar refractivity (Wildman–Crippen MR) is 93.6 cm³/mol. The van der Waals surface area contributed by atoms with E-state index in [0.29, 0.717) is 17.2 Å². The Kier molecular flexibility index (Phi) is 4.26. The monoisotopic (exact) mass is 334 g/mol. The number of hydrogen-bond acceptors (Lipinski definition) is 7. The second-order valence-electron chi connectivity index (χ2n) is 4.97. The lowest BCUT2D eigenvalue weighted by molar-refractivity contribution is 0.416. The summed E-state index contributed by atoms with van der Waals surface area (Å²) in [4.78, 5) is 8.65. The minimum atomic E-state index is -0.420. The third kappa shape index (κ3) is 3.23. The molecule has 0 aliphatic rings. The third-order valence-corrected chi connectivity index (χ3v) is 3.38. The molecule has 3 rings (SSSR count). The molecule has 9 nitrogen and oxygen atoms in total. The maximum absolute atomic E-state index is 8.92. The highest BCUT2D eigenvalue weighted by molar-refractivity contribution is 6.45. The minimum Gasteiger partial charge on any atom is -0.495 e. The first-order chi connectivity index (χ1) is 12.1. The molecule has 4 N–H and O–H groups in total. The van der Waals surface area contributed by atoms with Crippen LogP contribution in [-0.4, -0.2) is 33.0 Å². The van der Waals surface area contributed by atoms with Crippen LogP contribution in [0.5, 0.6) is 5.75 Å². The SMILES string of the molecule is COc1ccc(-c2cn3cccnc3n2)cc1N/N=C(\C#N)C(=N)N. The van der Waals surface area contributed by atoms with Gasteiger partial charge in [-0.05, 0) is 24.3 Å². The van der Waals surface area contributed by atoms with E-state index in [2.05, 4.69) is 20.5 Å². The van der Waals surface area contributed by atoms with Gasteiger partial charge in [0, 0.05) is 24.2 Å². The number of hydrazone groups is 1. The molecular weight excluding hydrogens is 320 g/mol. The zero-order chi connectivity index (χ0) is 17.8. The number of benzene rings is 1. The molecule has 0 spiro atoms.